The van der Waals surface area contributed by atoms with E-state index in [9.17, 15) is 4.79 Å². The van der Waals surface area contributed by atoms with Gasteiger partial charge in [-0.3, -0.25) is 4.79 Å². The first-order valence-corrected chi connectivity index (χ1v) is 5.09. The Morgan fingerprint density at radius 2 is 1.81 bits per heavy atom. The van der Waals surface area contributed by atoms with Gasteiger partial charge in [-0.05, 0) is 17.5 Å². The number of pyridine rings is 1. The normalized spacial score (nSPS) is 11.2. The molecule has 4 nitrogen and oxygen atoms in total. The van der Waals surface area contributed by atoms with Crippen LogP contribution in [0.1, 0.15) is 6.04 Å². The van der Waals surface area contributed by atoms with Crippen LogP contribution < -0.4 is 5.56 Å². The van der Waals surface area contributed by atoms with Crippen LogP contribution in [0.5, 0.6) is 0 Å². The third-order valence-electron chi connectivity index (χ3n) is 2.66. The summed E-state index contributed by atoms with van der Waals surface area (Å²) in [5.74, 6) is 0. The molecular formula is C12H13NO3. The Hall–Kier alpha value is -1.65. The van der Waals surface area contributed by atoms with Crippen molar-refractivity contribution in [3.05, 3.63) is 46.9 Å². The van der Waals surface area contributed by atoms with Gasteiger partial charge in [-0.1, -0.05) is 18.2 Å². The summed E-state index contributed by atoms with van der Waals surface area (Å²) in [5.41, 5.74) is -0.189. The van der Waals surface area contributed by atoms with E-state index >= 15 is 0 Å². The minimum absolute atomic E-state index is 0.189. The minimum Gasteiger partial charge on any atom is -0.394 e. The van der Waals surface area contributed by atoms with Crippen molar-refractivity contribution in [3.63, 3.8) is 0 Å². The number of benzene rings is 1. The number of hydrogen-bond donors (Lipinski definition) is 2. The van der Waals surface area contributed by atoms with Crippen LogP contribution in [0.2, 0.25) is 0 Å². The molecule has 4 heteroatoms. The van der Waals surface area contributed by atoms with Crippen molar-refractivity contribution in [1.82, 2.24) is 4.57 Å². The Balaban J connectivity index is 2.65. The van der Waals surface area contributed by atoms with Crippen molar-refractivity contribution in [2.45, 2.75) is 6.04 Å². The quantitative estimate of drug-likeness (QED) is 0.791. The van der Waals surface area contributed by atoms with E-state index < -0.39 is 6.04 Å². The van der Waals surface area contributed by atoms with E-state index in [0.29, 0.717) is 5.39 Å². The highest BCUT2D eigenvalue weighted by atomic mass is 16.3. The van der Waals surface area contributed by atoms with Gasteiger partial charge in [0.1, 0.15) is 0 Å². The van der Waals surface area contributed by atoms with Gasteiger partial charge in [-0.2, -0.15) is 0 Å². The van der Waals surface area contributed by atoms with Crippen molar-refractivity contribution < 1.29 is 10.2 Å². The van der Waals surface area contributed by atoms with Gasteiger partial charge in [-0.15, -0.1) is 0 Å². The number of aliphatic hydroxyl groups is 2. The maximum atomic E-state index is 12.0. The van der Waals surface area contributed by atoms with Crippen LogP contribution in [0.4, 0.5) is 0 Å². The lowest BCUT2D eigenvalue weighted by molar-refractivity contribution is 0.152. The molecule has 0 spiro atoms. The monoisotopic (exact) mass is 219 g/mol. The summed E-state index contributed by atoms with van der Waals surface area (Å²) >= 11 is 0. The summed E-state index contributed by atoms with van der Waals surface area (Å²) in [6, 6.07) is 8.48. The first kappa shape index (κ1) is 10.9. The molecule has 1 heterocycles. The highest BCUT2D eigenvalue weighted by Crippen LogP contribution is 2.10. The van der Waals surface area contributed by atoms with Crippen LogP contribution in [0.3, 0.4) is 0 Å². The predicted molar refractivity (Wildman–Crippen MR) is 61.4 cm³/mol. The lowest BCUT2D eigenvalue weighted by atomic mass is 10.1. The lowest BCUT2D eigenvalue weighted by Gasteiger charge is -2.15. The molecule has 84 valence electrons. The van der Waals surface area contributed by atoms with E-state index in [0.717, 1.165) is 5.39 Å². The summed E-state index contributed by atoms with van der Waals surface area (Å²) in [6.07, 6.45) is 1.60. The molecule has 2 N–H and O–H groups in total. The molecule has 16 heavy (non-hydrogen) atoms. The molecule has 0 aliphatic heterocycles. The number of aliphatic hydroxyl groups excluding tert-OH is 2. The second-order valence-corrected chi connectivity index (χ2v) is 3.63. The molecule has 0 atom stereocenters. The standard InChI is InChI=1S/C12H13NO3/c14-7-10(8-15)13-6-5-9-3-1-2-4-11(9)12(13)16/h1-6,10,14-15H,7-8H2. The molecule has 0 fully saturated rings. The molecule has 0 saturated carbocycles. The Labute approximate surface area is 92.4 Å². The molecule has 1 aromatic heterocycles. The third kappa shape index (κ3) is 1.73. The van der Waals surface area contributed by atoms with Crippen LogP contribution in [-0.2, 0) is 0 Å². The fourth-order valence-corrected chi connectivity index (χ4v) is 1.73. The molecule has 0 aliphatic carbocycles. The van der Waals surface area contributed by atoms with Crippen LogP contribution >= 0.6 is 0 Å². The van der Waals surface area contributed by atoms with Crippen LogP contribution in [0.15, 0.2) is 41.3 Å². The number of fused-ring (bicyclic) bond motifs is 1. The highest BCUT2D eigenvalue weighted by Gasteiger charge is 2.11. The minimum atomic E-state index is -0.572. The van der Waals surface area contributed by atoms with Gasteiger partial charge in [0, 0.05) is 11.6 Å². The smallest absolute Gasteiger partial charge is 0.258 e. The maximum absolute atomic E-state index is 12.0. The Bertz CT molecular complexity index is 543. The lowest BCUT2D eigenvalue weighted by Crippen LogP contribution is -2.28. The van der Waals surface area contributed by atoms with Crippen LogP contribution in [0, 0.1) is 0 Å². The topological polar surface area (TPSA) is 62.5 Å². The van der Waals surface area contributed by atoms with Gasteiger partial charge in [0.2, 0.25) is 0 Å². The molecule has 2 aromatic rings. The third-order valence-corrected chi connectivity index (χ3v) is 2.66. The summed E-state index contributed by atoms with van der Waals surface area (Å²) < 4.78 is 1.36. The zero-order valence-electron chi connectivity index (χ0n) is 8.71. The van der Waals surface area contributed by atoms with E-state index in [1.54, 1.807) is 24.4 Å². The van der Waals surface area contributed by atoms with Gasteiger partial charge in [0.25, 0.3) is 5.56 Å². The molecule has 1 aromatic carbocycles. The summed E-state index contributed by atoms with van der Waals surface area (Å²) in [4.78, 5) is 12.0. The first-order chi connectivity index (χ1) is 7.77. The summed E-state index contributed by atoms with van der Waals surface area (Å²) in [7, 11) is 0. The molecule has 0 aliphatic rings. The van der Waals surface area contributed by atoms with Gasteiger partial charge in [0.05, 0.1) is 19.3 Å². The highest BCUT2D eigenvalue weighted by molar-refractivity contribution is 5.81. The SMILES string of the molecule is O=c1c2ccccc2ccn1C(CO)CO. The van der Waals surface area contributed by atoms with E-state index in [-0.39, 0.29) is 18.8 Å². The summed E-state index contributed by atoms with van der Waals surface area (Å²) in [5, 5.41) is 19.6. The van der Waals surface area contributed by atoms with Gasteiger partial charge >= 0.3 is 0 Å². The average molecular weight is 219 g/mol. The zero-order chi connectivity index (χ0) is 11.5. The van der Waals surface area contributed by atoms with E-state index in [1.165, 1.54) is 4.57 Å². The Morgan fingerprint density at radius 3 is 2.50 bits per heavy atom. The first-order valence-electron chi connectivity index (χ1n) is 5.09. The molecule has 0 radical (unpaired) electrons. The number of aromatic nitrogens is 1. The molecule has 0 unspecified atom stereocenters. The van der Waals surface area contributed by atoms with Crippen molar-refractivity contribution in [2.24, 2.45) is 0 Å². The Kier molecular flexibility index (Phi) is 3.03. The molecule has 2 rings (SSSR count). The van der Waals surface area contributed by atoms with Crippen molar-refractivity contribution >= 4 is 10.8 Å². The van der Waals surface area contributed by atoms with Crippen molar-refractivity contribution in [1.29, 1.82) is 0 Å². The zero-order valence-corrected chi connectivity index (χ0v) is 8.71. The Morgan fingerprint density at radius 1 is 1.12 bits per heavy atom. The van der Waals surface area contributed by atoms with E-state index in [4.69, 9.17) is 10.2 Å². The largest absolute Gasteiger partial charge is 0.394 e. The van der Waals surface area contributed by atoms with Gasteiger partial charge in [0.15, 0.2) is 0 Å². The van der Waals surface area contributed by atoms with Crippen LogP contribution in [0.25, 0.3) is 10.8 Å². The molecule has 0 saturated heterocycles. The van der Waals surface area contributed by atoms with Gasteiger partial charge < -0.3 is 14.8 Å². The number of rotatable bonds is 3. The van der Waals surface area contributed by atoms with Crippen molar-refractivity contribution in [3.8, 4) is 0 Å². The van der Waals surface area contributed by atoms with E-state index in [1.807, 2.05) is 12.1 Å². The molecular weight excluding hydrogens is 206 g/mol. The summed E-state index contributed by atoms with van der Waals surface area (Å²) in [6.45, 7) is -0.510. The average Bonchev–Trinajstić information content (AvgIpc) is 2.34. The van der Waals surface area contributed by atoms with Gasteiger partial charge in [-0.25, -0.2) is 0 Å². The second-order valence-electron chi connectivity index (χ2n) is 3.63. The van der Waals surface area contributed by atoms with Crippen LogP contribution in [-0.4, -0.2) is 28.0 Å². The maximum Gasteiger partial charge on any atom is 0.258 e. The number of nitrogens with zero attached hydrogens (tertiary/aromatic N) is 1. The fourth-order valence-electron chi connectivity index (χ4n) is 1.73. The molecule has 0 amide bonds. The fraction of sp³-hybridized carbons (Fsp3) is 0.250. The van der Waals surface area contributed by atoms with E-state index in [2.05, 4.69) is 0 Å². The predicted octanol–water partition coefficient (Wildman–Crippen LogP) is 0.527. The number of hydrogen-bond acceptors (Lipinski definition) is 3. The van der Waals surface area contributed by atoms with Crippen molar-refractivity contribution in [2.75, 3.05) is 13.2 Å². The second kappa shape index (κ2) is 4.47. The molecule has 0 bridgehead atoms.